The zero-order valence-corrected chi connectivity index (χ0v) is 12.8. The van der Waals surface area contributed by atoms with Crippen LogP contribution in [0.25, 0.3) is 0 Å². The third kappa shape index (κ3) is 1.83. The summed E-state index contributed by atoms with van der Waals surface area (Å²) < 4.78 is 7.71. The van der Waals surface area contributed by atoms with Gasteiger partial charge in [0.15, 0.2) is 0 Å². The van der Waals surface area contributed by atoms with E-state index in [0.717, 1.165) is 10.9 Å². The second kappa shape index (κ2) is 4.66. The number of hydrogen-bond acceptors (Lipinski definition) is 4. The van der Waals surface area contributed by atoms with Gasteiger partial charge in [0.2, 0.25) is 0 Å². The molecule has 2 saturated heterocycles. The Kier molecular flexibility index (Phi) is 3.21. The van der Waals surface area contributed by atoms with Crippen LogP contribution in [-0.2, 0) is 9.53 Å². The smallest absolute Gasteiger partial charge is 0.310 e. The van der Waals surface area contributed by atoms with Gasteiger partial charge >= 0.3 is 5.97 Å². The van der Waals surface area contributed by atoms with Crippen LogP contribution in [0, 0.1) is 25.7 Å². The molecule has 3 heterocycles. The maximum Gasteiger partial charge on any atom is 0.310 e. The molecule has 4 atom stereocenters. The van der Waals surface area contributed by atoms with E-state index in [1.165, 1.54) is 4.68 Å². The molecular formula is C13H15BrN2O4. The number of carboxylic acid groups (broad SMARTS) is 1. The molecule has 6 nitrogen and oxygen atoms in total. The van der Waals surface area contributed by atoms with E-state index in [9.17, 15) is 14.7 Å². The first-order valence-corrected chi connectivity index (χ1v) is 7.35. The minimum atomic E-state index is -0.962. The van der Waals surface area contributed by atoms with Gasteiger partial charge < -0.3 is 9.84 Å². The minimum absolute atomic E-state index is 0.282. The molecule has 0 radical (unpaired) electrons. The SMILES string of the molecule is Cc1nn(C(=O)[C@H]2[C@@H](C(=O)O)[C@H]3CC[C@H]2O3)c(C)c1Br. The molecule has 1 aromatic heterocycles. The maximum absolute atomic E-state index is 12.7. The number of aromatic nitrogens is 2. The van der Waals surface area contributed by atoms with Gasteiger partial charge in [0.1, 0.15) is 0 Å². The lowest BCUT2D eigenvalue weighted by molar-refractivity contribution is -0.144. The largest absolute Gasteiger partial charge is 0.481 e. The predicted molar refractivity (Wildman–Crippen MR) is 72.5 cm³/mol. The first-order chi connectivity index (χ1) is 9.41. The highest BCUT2D eigenvalue weighted by atomic mass is 79.9. The molecule has 0 saturated carbocycles. The third-order valence-corrected chi connectivity index (χ3v) is 5.40. The van der Waals surface area contributed by atoms with Gasteiger partial charge in [-0.3, -0.25) is 9.59 Å². The fourth-order valence-corrected chi connectivity index (χ4v) is 3.53. The van der Waals surface area contributed by atoms with Crippen LogP contribution < -0.4 is 0 Å². The molecule has 20 heavy (non-hydrogen) atoms. The summed E-state index contributed by atoms with van der Waals surface area (Å²) in [7, 11) is 0. The van der Waals surface area contributed by atoms with Crippen molar-refractivity contribution in [1.29, 1.82) is 0 Å². The second-order valence-corrected chi connectivity index (χ2v) is 6.21. The summed E-state index contributed by atoms with van der Waals surface area (Å²) in [5.74, 6) is -2.65. The lowest BCUT2D eigenvalue weighted by Gasteiger charge is -2.23. The van der Waals surface area contributed by atoms with Crippen LogP contribution in [0.15, 0.2) is 4.47 Å². The predicted octanol–water partition coefficient (Wildman–Crippen LogP) is 1.78. The zero-order chi connectivity index (χ0) is 14.6. The van der Waals surface area contributed by atoms with Crippen LogP contribution in [-0.4, -0.2) is 39.0 Å². The van der Waals surface area contributed by atoms with Gasteiger partial charge in [-0.05, 0) is 42.6 Å². The Morgan fingerprint density at radius 1 is 1.30 bits per heavy atom. The first kappa shape index (κ1) is 13.8. The molecule has 2 fully saturated rings. The standard InChI is InChI=1S/C13H15BrN2O4/c1-5-11(14)6(2)16(15-5)12(17)9-7-3-4-8(20-7)10(9)13(18)19/h7-10H,3-4H2,1-2H3,(H,18,19)/t7-,8-,9-,10+/m1/s1. The minimum Gasteiger partial charge on any atom is -0.481 e. The average molecular weight is 343 g/mol. The monoisotopic (exact) mass is 342 g/mol. The van der Waals surface area contributed by atoms with Crippen molar-refractivity contribution >= 4 is 27.8 Å². The van der Waals surface area contributed by atoms with E-state index in [1.54, 1.807) is 13.8 Å². The van der Waals surface area contributed by atoms with E-state index >= 15 is 0 Å². The molecule has 0 amide bonds. The highest BCUT2D eigenvalue weighted by molar-refractivity contribution is 9.10. The number of carbonyl (C=O) groups is 2. The number of halogens is 1. The van der Waals surface area contributed by atoms with Crippen LogP contribution in [0.4, 0.5) is 0 Å². The van der Waals surface area contributed by atoms with Crippen molar-refractivity contribution in [3.63, 3.8) is 0 Å². The van der Waals surface area contributed by atoms with Crippen molar-refractivity contribution < 1.29 is 19.4 Å². The van der Waals surface area contributed by atoms with Crippen molar-refractivity contribution in [2.45, 2.75) is 38.9 Å². The summed E-state index contributed by atoms with van der Waals surface area (Å²) in [5.41, 5.74) is 1.41. The van der Waals surface area contributed by atoms with Crippen molar-refractivity contribution in [1.82, 2.24) is 9.78 Å². The fourth-order valence-electron chi connectivity index (χ4n) is 3.28. The summed E-state index contributed by atoms with van der Waals surface area (Å²) in [4.78, 5) is 24.1. The Morgan fingerprint density at radius 2 is 1.90 bits per heavy atom. The van der Waals surface area contributed by atoms with E-state index in [-0.39, 0.29) is 18.1 Å². The summed E-state index contributed by atoms with van der Waals surface area (Å²) in [5, 5.41) is 13.6. The van der Waals surface area contributed by atoms with E-state index in [1.807, 2.05) is 0 Å². The molecular weight excluding hydrogens is 328 g/mol. The highest BCUT2D eigenvalue weighted by Crippen LogP contribution is 2.44. The molecule has 2 aliphatic rings. The number of rotatable bonds is 2. The number of nitrogens with zero attached hydrogens (tertiary/aromatic N) is 2. The van der Waals surface area contributed by atoms with E-state index < -0.39 is 17.8 Å². The van der Waals surface area contributed by atoms with Crippen LogP contribution >= 0.6 is 15.9 Å². The summed E-state index contributed by atoms with van der Waals surface area (Å²) >= 11 is 3.38. The number of hydrogen-bond donors (Lipinski definition) is 1. The zero-order valence-electron chi connectivity index (χ0n) is 11.2. The van der Waals surface area contributed by atoms with E-state index in [2.05, 4.69) is 21.0 Å². The lowest BCUT2D eigenvalue weighted by atomic mass is 9.79. The number of carboxylic acids is 1. The van der Waals surface area contributed by atoms with Crippen LogP contribution in [0.2, 0.25) is 0 Å². The molecule has 108 valence electrons. The molecule has 0 unspecified atom stereocenters. The Morgan fingerprint density at radius 3 is 2.40 bits per heavy atom. The van der Waals surface area contributed by atoms with Crippen molar-refractivity contribution in [2.24, 2.45) is 11.8 Å². The summed E-state index contributed by atoms with van der Waals surface area (Å²) in [6.07, 6.45) is 0.820. The molecule has 1 aromatic rings. The lowest BCUT2D eigenvalue weighted by Crippen LogP contribution is -2.41. The van der Waals surface area contributed by atoms with Crippen molar-refractivity contribution in [2.75, 3.05) is 0 Å². The molecule has 0 aromatic carbocycles. The van der Waals surface area contributed by atoms with E-state index in [0.29, 0.717) is 17.8 Å². The Labute approximate surface area is 124 Å². The molecule has 2 bridgehead atoms. The molecule has 2 aliphatic heterocycles. The molecule has 1 N–H and O–H groups in total. The first-order valence-electron chi connectivity index (χ1n) is 6.56. The number of aliphatic carboxylic acids is 1. The van der Waals surface area contributed by atoms with Gasteiger partial charge in [0.25, 0.3) is 5.91 Å². The normalized spacial score (nSPS) is 31.8. The topological polar surface area (TPSA) is 81.4 Å². The van der Waals surface area contributed by atoms with Gasteiger partial charge in [-0.1, -0.05) is 0 Å². The number of aryl methyl sites for hydroxylation is 1. The number of fused-ring (bicyclic) bond motifs is 2. The Bertz CT molecular complexity index is 597. The quantitative estimate of drug-likeness (QED) is 0.885. The summed E-state index contributed by atoms with van der Waals surface area (Å²) in [6, 6.07) is 0. The maximum atomic E-state index is 12.7. The molecule has 0 spiro atoms. The van der Waals surface area contributed by atoms with Crippen LogP contribution in [0.3, 0.4) is 0 Å². The molecule has 7 heteroatoms. The fraction of sp³-hybridized carbons (Fsp3) is 0.615. The molecule has 0 aliphatic carbocycles. The van der Waals surface area contributed by atoms with Gasteiger partial charge in [-0.15, -0.1) is 0 Å². The highest BCUT2D eigenvalue weighted by Gasteiger charge is 2.56. The van der Waals surface area contributed by atoms with Crippen LogP contribution in [0.5, 0.6) is 0 Å². The summed E-state index contributed by atoms with van der Waals surface area (Å²) in [6.45, 7) is 3.58. The average Bonchev–Trinajstić information content (AvgIpc) is 3.07. The van der Waals surface area contributed by atoms with E-state index in [4.69, 9.17) is 4.74 Å². The Balaban J connectivity index is 1.97. The number of ether oxygens (including phenoxy) is 1. The number of carbonyl (C=O) groups excluding carboxylic acids is 1. The van der Waals surface area contributed by atoms with Gasteiger partial charge in [-0.2, -0.15) is 5.10 Å². The third-order valence-electron chi connectivity index (χ3n) is 4.26. The van der Waals surface area contributed by atoms with Crippen molar-refractivity contribution in [3.8, 4) is 0 Å². The van der Waals surface area contributed by atoms with Gasteiger partial charge in [0, 0.05) is 0 Å². The molecule has 3 rings (SSSR count). The second-order valence-electron chi connectivity index (χ2n) is 5.41. The van der Waals surface area contributed by atoms with Gasteiger partial charge in [-0.25, -0.2) is 4.68 Å². The Hall–Kier alpha value is -1.21. The van der Waals surface area contributed by atoms with Gasteiger partial charge in [0.05, 0.1) is 39.9 Å². The van der Waals surface area contributed by atoms with Crippen molar-refractivity contribution in [3.05, 3.63) is 15.9 Å². The van der Waals surface area contributed by atoms with Crippen LogP contribution in [0.1, 0.15) is 29.0 Å².